The molecule has 28 heavy (non-hydrogen) atoms. The number of hydrogen-bond acceptors (Lipinski definition) is 2. The molecular formula is C23H24Cl2O2Zr-2. The van der Waals surface area contributed by atoms with Crippen LogP contribution in [0.5, 0.6) is 0 Å². The third-order valence-electron chi connectivity index (χ3n) is 3.53. The normalized spacial score (nSPS) is 11.2. The SMILES string of the molecule is C[C](C)=[Zr+2].OCCOC1=[C-]CC=C1.[Cl-].[Cl-].c1ccc2c(c1)[cH-]c1ccccc12. The third kappa shape index (κ3) is 8.92. The largest absolute Gasteiger partial charge is 1.00 e. The zero-order chi connectivity index (χ0) is 18.8. The Balaban J connectivity index is 0.000000432. The maximum Gasteiger partial charge on any atom is 0.107 e. The van der Waals surface area contributed by atoms with E-state index in [2.05, 4.69) is 74.5 Å². The Kier molecular flexibility index (Phi) is 14.2. The van der Waals surface area contributed by atoms with Gasteiger partial charge in [-0.05, 0) is 0 Å². The summed E-state index contributed by atoms with van der Waals surface area (Å²) >= 11 is 1.55. The summed E-state index contributed by atoms with van der Waals surface area (Å²) < 4.78 is 6.53. The Bertz CT molecular complexity index is 859. The number of allylic oxidation sites excluding steroid dienone is 3. The van der Waals surface area contributed by atoms with Gasteiger partial charge in [-0.2, -0.15) is 12.2 Å². The Hall–Kier alpha value is -1.12. The molecule has 0 fully saturated rings. The van der Waals surface area contributed by atoms with Gasteiger partial charge in [-0.1, -0.05) is 42.2 Å². The maximum absolute atomic E-state index is 8.34. The molecule has 1 aliphatic rings. The number of benzene rings is 2. The molecule has 0 atom stereocenters. The van der Waals surface area contributed by atoms with Gasteiger partial charge in [0, 0.05) is 0 Å². The first-order valence-corrected chi connectivity index (χ1v) is 9.90. The van der Waals surface area contributed by atoms with Gasteiger partial charge in [0.25, 0.3) is 0 Å². The first-order chi connectivity index (χ1) is 12.6. The standard InChI is InChI=1S/C13H9.C7H9O2.C3H6.2ClH.Zr/c1-3-7-12-10(5-1)9-11-6-2-4-8-13(11)12;8-5-6-9-7-3-1-2-4-7;1-3-2;;;/h1-9H;1,3,8H,2,5-6H2;1-2H3;2*1H;/q2*-1;;;;+2/p-2. The van der Waals surface area contributed by atoms with E-state index in [-0.39, 0.29) is 31.4 Å². The molecule has 5 heteroatoms. The summed E-state index contributed by atoms with van der Waals surface area (Å²) in [7, 11) is 0. The van der Waals surface area contributed by atoms with E-state index in [0.29, 0.717) is 6.61 Å². The minimum Gasteiger partial charge on any atom is -1.00 e. The molecule has 0 radical (unpaired) electrons. The van der Waals surface area contributed by atoms with Crippen LogP contribution < -0.4 is 24.8 Å². The Morgan fingerprint density at radius 1 is 1.04 bits per heavy atom. The molecule has 3 aromatic rings. The fourth-order valence-electron chi connectivity index (χ4n) is 2.54. The number of halogens is 2. The molecule has 0 aliphatic heterocycles. The summed E-state index contributed by atoms with van der Waals surface area (Å²) in [6.07, 6.45) is 7.62. The van der Waals surface area contributed by atoms with Crippen molar-refractivity contribution in [1.82, 2.24) is 0 Å². The van der Waals surface area contributed by atoms with Crippen molar-refractivity contribution in [2.45, 2.75) is 20.3 Å². The van der Waals surface area contributed by atoms with Gasteiger partial charge in [0.15, 0.2) is 0 Å². The number of ether oxygens (including phenoxy) is 1. The number of fused-ring (bicyclic) bond motifs is 3. The van der Waals surface area contributed by atoms with Gasteiger partial charge >= 0.3 is 41.3 Å². The van der Waals surface area contributed by atoms with Gasteiger partial charge in [-0.15, -0.1) is 46.2 Å². The van der Waals surface area contributed by atoms with Crippen molar-refractivity contribution in [2.75, 3.05) is 13.2 Å². The van der Waals surface area contributed by atoms with Crippen LogP contribution in [0.2, 0.25) is 0 Å². The third-order valence-corrected chi connectivity index (χ3v) is 3.53. The van der Waals surface area contributed by atoms with Crippen molar-refractivity contribution in [2.24, 2.45) is 0 Å². The first-order valence-electron chi connectivity index (χ1n) is 8.67. The number of aliphatic hydroxyl groups is 1. The summed E-state index contributed by atoms with van der Waals surface area (Å²) in [4.78, 5) is 0. The second-order valence-corrected chi connectivity index (χ2v) is 8.50. The minimum absolute atomic E-state index is 0. The second kappa shape index (κ2) is 14.8. The number of hydrogen-bond donors (Lipinski definition) is 1. The number of rotatable bonds is 3. The molecule has 0 unspecified atom stereocenters. The molecule has 3 aromatic carbocycles. The smallest absolute Gasteiger partial charge is 0.107 e. The van der Waals surface area contributed by atoms with Gasteiger partial charge in [-0.25, -0.2) is 6.08 Å². The van der Waals surface area contributed by atoms with E-state index >= 15 is 0 Å². The Labute approximate surface area is 194 Å². The van der Waals surface area contributed by atoms with Crippen LogP contribution in [0.4, 0.5) is 0 Å². The van der Waals surface area contributed by atoms with E-state index in [1.54, 1.807) is 24.2 Å². The first kappa shape index (κ1) is 26.9. The van der Waals surface area contributed by atoms with Gasteiger partial charge < -0.3 is 34.7 Å². The molecule has 0 saturated heterocycles. The predicted molar refractivity (Wildman–Crippen MR) is 107 cm³/mol. The van der Waals surface area contributed by atoms with Crippen LogP contribution in [-0.2, 0) is 29.0 Å². The average molecular weight is 495 g/mol. The summed E-state index contributed by atoms with van der Waals surface area (Å²) in [5.41, 5.74) is 0. The van der Waals surface area contributed by atoms with E-state index in [0.717, 1.165) is 12.2 Å². The zero-order valence-electron chi connectivity index (χ0n) is 16.1. The molecule has 4 rings (SSSR count). The molecular weight excluding hydrogens is 470 g/mol. The summed E-state index contributed by atoms with van der Waals surface area (Å²) in [6, 6.07) is 19.3. The summed E-state index contributed by atoms with van der Waals surface area (Å²) in [5, 5.41) is 13.7. The maximum atomic E-state index is 8.34. The summed E-state index contributed by atoms with van der Waals surface area (Å²) in [5.74, 6) is 0.754. The van der Waals surface area contributed by atoms with Crippen LogP contribution in [0.1, 0.15) is 20.3 Å². The van der Waals surface area contributed by atoms with Crippen LogP contribution in [0.3, 0.4) is 0 Å². The fourth-order valence-corrected chi connectivity index (χ4v) is 2.54. The number of aliphatic hydroxyl groups excluding tert-OH is 1. The quantitative estimate of drug-likeness (QED) is 0.479. The van der Waals surface area contributed by atoms with Gasteiger partial charge in [0.05, 0.1) is 6.61 Å². The monoisotopic (exact) mass is 492 g/mol. The molecule has 1 N–H and O–H groups in total. The molecule has 1 aliphatic carbocycles. The Morgan fingerprint density at radius 3 is 1.96 bits per heavy atom. The van der Waals surface area contributed by atoms with Crippen molar-refractivity contribution >= 4 is 24.8 Å². The minimum atomic E-state index is 0. The molecule has 0 saturated carbocycles. The fraction of sp³-hybridized carbons (Fsp3) is 0.217. The van der Waals surface area contributed by atoms with E-state index < -0.39 is 0 Å². The molecule has 0 heterocycles. The van der Waals surface area contributed by atoms with Crippen LogP contribution >= 0.6 is 0 Å². The topological polar surface area (TPSA) is 29.5 Å². The molecule has 0 spiro atoms. The molecule has 0 aromatic heterocycles. The van der Waals surface area contributed by atoms with Crippen molar-refractivity contribution in [3.05, 3.63) is 78.6 Å². The average Bonchev–Trinajstić information content (AvgIpc) is 3.27. The van der Waals surface area contributed by atoms with Crippen LogP contribution in [-0.4, -0.2) is 21.5 Å². The van der Waals surface area contributed by atoms with E-state index in [1.165, 1.54) is 24.8 Å². The Morgan fingerprint density at radius 2 is 1.54 bits per heavy atom. The summed E-state index contributed by atoms with van der Waals surface area (Å²) in [6.45, 7) is 4.68. The van der Waals surface area contributed by atoms with Crippen LogP contribution in [0.15, 0.2) is 72.5 Å². The molecule has 2 nitrogen and oxygen atoms in total. The van der Waals surface area contributed by atoms with E-state index in [9.17, 15) is 0 Å². The van der Waals surface area contributed by atoms with Crippen molar-refractivity contribution in [3.8, 4) is 0 Å². The zero-order valence-corrected chi connectivity index (χ0v) is 20.1. The van der Waals surface area contributed by atoms with Crippen LogP contribution in [0, 0.1) is 6.08 Å². The van der Waals surface area contributed by atoms with E-state index in [1.807, 2.05) is 12.2 Å². The molecule has 0 bridgehead atoms. The van der Waals surface area contributed by atoms with Crippen molar-refractivity contribution < 1.29 is 58.9 Å². The molecule has 0 amide bonds. The van der Waals surface area contributed by atoms with Crippen molar-refractivity contribution in [3.63, 3.8) is 0 Å². The predicted octanol–water partition coefficient (Wildman–Crippen LogP) is -0.892. The van der Waals surface area contributed by atoms with Gasteiger partial charge in [0.2, 0.25) is 0 Å². The second-order valence-electron chi connectivity index (χ2n) is 6.04. The molecule has 148 valence electrons. The van der Waals surface area contributed by atoms with Crippen LogP contribution in [0.25, 0.3) is 21.5 Å². The van der Waals surface area contributed by atoms with Gasteiger partial charge in [-0.3, -0.25) is 0 Å². The van der Waals surface area contributed by atoms with Gasteiger partial charge in [0.1, 0.15) is 6.61 Å². The van der Waals surface area contributed by atoms with E-state index in [4.69, 9.17) is 9.84 Å². The van der Waals surface area contributed by atoms with Crippen molar-refractivity contribution in [1.29, 1.82) is 0 Å².